The second-order valence-electron chi connectivity index (χ2n) is 7.78. The fraction of sp³-hybridized carbons (Fsp3) is 0.455. The highest BCUT2D eigenvalue weighted by atomic mass is 32.1. The van der Waals surface area contributed by atoms with E-state index in [1.807, 2.05) is 36.0 Å². The van der Waals surface area contributed by atoms with E-state index in [0.29, 0.717) is 17.9 Å². The normalized spacial score (nSPS) is 25.3. The SMILES string of the molecule is CN(Cc1ccncc1)C1CCCC2CN(C(=O)/C=C/c3cccs3)CC21. The maximum absolute atomic E-state index is 12.7. The highest BCUT2D eigenvalue weighted by Gasteiger charge is 2.42. The molecule has 27 heavy (non-hydrogen) atoms. The number of aromatic nitrogens is 1. The first kappa shape index (κ1) is 18.4. The maximum atomic E-state index is 12.7. The molecule has 142 valence electrons. The average molecular weight is 382 g/mol. The van der Waals surface area contributed by atoms with E-state index < -0.39 is 0 Å². The molecule has 4 nitrogen and oxygen atoms in total. The van der Waals surface area contributed by atoms with Crippen LogP contribution in [0.3, 0.4) is 0 Å². The van der Waals surface area contributed by atoms with Crippen LogP contribution in [0.4, 0.5) is 0 Å². The molecule has 4 rings (SSSR count). The predicted molar refractivity (Wildman–Crippen MR) is 110 cm³/mol. The van der Waals surface area contributed by atoms with Crippen LogP contribution in [0.25, 0.3) is 6.08 Å². The van der Waals surface area contributed by atoms with Gasteiger partial charge in [0.15, 0.2) is 0 Å². The summed E-state index contributed by atoms with van der Waals surface area (Å²) in [7, 11) is 2.23. The lowest BCUT2D eigenvalue weighted by molar-refractivity contribution is -0.125. The predicted octanol–water partition coefficient (Wildman–Crippen LogP) is 3.92. The largest absolute Gasteiger partial charge is 0.339 e. The number of pyridine rings is 1. The lowest BCUT2D eigenvalue weighted by Crippen LogP contribution is -2.43. The van der Waals surface area contributed by atoms with Gasteiger partial charge in [0.2, 0.25) is 5.91 Å². The fourth-order valence-corrected chi connectivity index (χ4v) is 5.32. The van der Waals surface area contributed by atoms with Gasteiger partial charge in [-0.1, -0.05) is 12.5 Å². The van der Waals surface area contributed by atoms with Crippen LogP contribution in [0.2, 0.25) is 0 Å². The minimum absolute atomic E-state index is 0.160. The molecule has 2 aromatic rings. The summed E-state index contributed by atoms with van der Waals surface area (Å²) in [5.74, 6) is 1.39. The summed E-state index contributed by atoms with van der Waals surface area (Å²) < 4.78 is 0. The van der Waals surface area contributed by atoms with Crippen molar-refractivity contribution < 1.29 is 4.79 Å². The molecule has 2 aliphatic rings. The number of carbonyl (C=O) groups excluding carboxylic acids is 1. The molecule has 0 radical (unpaired) electrons. The first-order chi connectivity index (χ1) is 13.2. The summed E-state index contributed by atoms with van der Waals surface area (Å²) in [5, 5.41) is 2.04. The molecule has 1 aliphatic heterocycles. The number of amides is 1. The van der Waals surface area contributed by atoms with Crippen LogP contribution < -0.4 is 0 Å². The number of thiophene rings is 1. The van der Waals surface area contributed by atoms with E-state index in [1.54, 1.807) is 17.4 Å². The summed E-state index contributed by atoms with van der Waals surface area (Å²) in [6.07, 6.45) is 11.2. The Kier molecular flexibility index (Phi) is 5.69. The third kappa shape index (κ3) is 4.30. The van der Waals surface area contributed by atoms with Crippen molar-refractivity contribution in [1.82, 2.24) is 14.8 Å². The Balaban J connectivity index is 1.40. The van der Waals surface area contributed by atoms with E-state index >= 15 is 0 Å². The van der Waals surface area contributed by atoms with E-state index in [1.165, 1.54) is 24.8 Å². The second kappa shape index (κ2) is 8.36. The lowest BCUT2D eigenvalue weighted by Gasteiger charge is -2.39. The monoisotopic (exact) mass is 381 g/mol. The van der Waals surface area contributed by atoms with E-state index in [-0.39, 0.29) is 5.91 Å². The van der Waals surface area contributed by atoms with E-state index in [4.69, 9.17) is 0 Å². The quantitative estimate of drug-likeness (QED) is 0.737. The second-order valence-corrected chi connectivity index (χ2v) is 8.76. The van der Waals surface area contributed by atoms with Gasteiger partial charge in [0.25, 0.3) is 0 Å². The summed E-state index contributed by atoms with van der Waals surface area (Å²) in [5.41, 5.74) is 1.31. The molecule has 3 atom stereocenters. The van der Waals surface area contributed by atoms with Crippen LogP contribution in [-0.2, 0) is 11.3 Å². The summed E-state index contributed by atoms with van der Waals surface area (Å²) in [4.78, 5) is 22.5. The fourth-order valence-electron chi connectivity index (χ4n) is 4.71. The van der Waals surface area contributed by atoms with Crippen molar-refractivity contribution in [2.45, 2.75) is 31.8 Å². The van der Waals surface area contributed by atoms with Gasteiger partial charge in [-0.15, -0.1) is 11.3 Å². The molecular formula is C22H27N3OS. The van der Waals surface area contributed by atoms with E-state index in [0.717, 1.165) is 24.5 Å². The highest BCUT2D eigenvalue weighted by Crippen LogP contribution is 2.39. The molecule has 2 fully saturated rings. The van der Waals surface area contributed by atoms with Gasteiger partial charge < -0.3 is 4.90 Å². The number of nitrogens with zero attached hydrogens (tertiary/aromatic N) is 3. The van der Waals surface area contributed by atoms with Crippen LogP contribution in [-0.4, -0.2) is 46.9 Å². The van der Waals surface area contributed by atoms with Crippen LogP contribution in [0.15, 0.2) is 48.1 Å². The maximum Gasteiger partial charge on any atom is 0.246 e. The molecule has 3 heterocycles. The summed E-state index contributed by atoms with van der Waals surface area (Å²) in [6.45, 7) is 2.75. The molecule has 0 spiro atoms. The van der Waals surface area contributed by atoms with Crippen LogP contribution in [0.5, 0.6) is 0 Å². The highest BCUT2D eigenvalue weighted by molar-refractivity contribution is 7.10. The van der Waals surface area contributed by atoms with Crippen LogP contribution in [0.1, 0.15) is 29.7 Å². The Labute approximate surface area is 165 Å². The van der Waals surface area contributed by atoms with Crippen LogP contribution >= 0.6 is 11.3 Å². The number of hydrogen-bond acceptors (Lipinski definition) is 4. The Bertz CT molecular complexity index is 774. The molecular weight excluding hydrogens is 354 g/mol. The van der Waals surface area contributed by atoms with Gasteiger partial charge in [-0.25, -0.2) is 0 Å². The average Bonchev–Trinajstić information content (AvgIpc) is 3.36. The molecule has 0 N–H and O–H groups in total. The zero-order chi connectivity index (χ0) is 18.6. The van der Waals surface area contributed by atoms with Crippen LogP contribution in [0, 0.1) is 11.8 Å². The topological polar surface area (TPSA) is 36.4 Å². The number of hydrogen-bond donors (Lipinski definition) is 0. The number of fused-ring (bicyclic) bond motifs is 1. The van der Waals surface area contributed by atoms with E-state index in [2.05, 4.69) is 34.0 Å². The van der Waals surface area contributed by atoms with Crippen molar-refractivity contribution in [3.05, 3.63) is 58.6 Å². The molecule has 1 saturated carbocycles. The third-order valence-corrected chi connectivity index (χ3v) is 6.89. The molecule has 1 aliphatic carbocycles. The van der Waals surface area contributed by atoms with Crippen molar-refractivity contribution in [3.8, 4) is 0 Å². The Morgan fingerprint density at radius 2 is 2.15 bits per heavy atom. The number of rotatable bonds is 5. The summed E-state index contributed by atoms with van der Waals surface area (Å²) in [6, 6.07) is 8.80. The van der Waals surface area contributed by atoms with Crippen molar-refractivity contribution in [2.75, 3.05) is 20.1 Å². The molecule has 5 heteroatoms. The standard InChI is InChI=1S/C22H27N3OS/c1-24(14-17-9-11-23-12-10-17)21-6-2-4-18-15-25(16-20(18)21)22(26)8-7-19-5-3-13-27-19/h3,5,7-13,18,20-21H,2,4,6,14-16H2,1H3/b8-7+. The minimum atomic E-state index is 0.160. The molecule has 1 amide bonds. The van der Waals surface area contributed by atoms with E-state index in [9.17, 15) is 4.79 Å². The van der Waals surface area contributed by atoms with Crippen molar-refractivity contribution >= 4 is 23.3 Å². The number of carbonyl (C=O) groups is 1. The van der Waals surface area contributed by atoms with Gasteiger partial charge in [-0.3, -0.25) is 14.7 Å². The van der Waals surface area contributed by atoms with Crippen molar-refractivity contribution in [3.63, 3.8) is 0 Å². The van der Waals surface area contributed by atoms with Crippen molar-refractivity contribution in [1.29, 1.82) is 0 Å². The van der Waals surface area contributed by atoms with Gasteiger partial charge in [-0.2, -0.15) is 0 Å². The third-order valence-electron chi connectivity index (χ3n) is 6.05. The van der Waals surface area contributed by atoms with Gasteiger partial charge in [0.1, 0.15) is 0 Å². The first-order valence-corrected chi connectivity index (χ1v) is 10.7. The van der Waals surface area contributed by atoms with Gasteiger partial charge in [0, 0.05) is 49.0 Å². The Hall–Kier alpha value is -1.98. The van der Waals surface area contributed by atoms with Crippen molar-refractivity contribution in [2.24, 2.45) is 11.8 Å². The Morgan fingerprint density at radius 3 is 2.93 bits per heavy atom. The summed E-state index contributed by atoms with van der Waals surface area (Å²) >= 11 is 1.66. The van der Waals surface area contributed by atoms with Gasteiger partial charge >= 0.3 is 0 Å². The van der Waals surface area contributed by atoms with Gasteiger partial charge in [0.05, 0.1) is 0 Å². The lowest BCUT2D eigenvalue weighted by atomic mass is 9.77. The first-order valence-electron chi connectivity index (χ1n) is 9.80. The minimum Gasteiger partial charge on any atom is -0.339 e. The molecule has 1 saturated heterocycles. The zero-order valence-corrected chi connectivity index (χ0v) is 16.6. The van der Waals surface area contributed by atoms with Gasteiger partial charge in [-0.05, 0) is 66.9 Å². The Morgan fingerprint density at radius 1 is 1.30 bits per heavy atom. The smallest absolute Gasteiger partial charge is 0.246 e. The zero-order valence-electron chi connectivity index (χ0n) is 15.8. The molecule has 0 bridgehead atoms. The molecule has 3 unspecified atom stereocenters. The molecule has 0 aromatic carbocycles. The number of likely N-dealkylation sites (tertiary alicyclic amines) is 1. The molecule has 2 aromatic heterocycles.